The van der Waals surface area contributed by atoms with Crippen LogP contribution in [0.5, 0.6) is 0 Å². The molecule has 3 heterocycles. The number of carbonyl (C=O) groups is 1. The van der Waals surface area contributed by atoms with Gasteiger partial charge in [-0.2, -0.15) is 0 Å². The highest BCUT2D eigenvalue weighted by molar-refractivity contribution is 6.30. The van der Waals surface area contributed by atoms with E-state index in [1.165, 1.54) is 0 Å². The average Bonchev–Trinajstić information content (AvgIpc) is 2.83. The molecule has 6 heteroatoms. The van der Waals surface area contributed by atoms with Gasteiger partial charge in [-0.15, -0.1) is 0 Å². The predicted octanol–water partition coefficient (Wildman–Crippen LogP) is 5.16. The summed E-state index contributed by atoms with van der Waals surface area (Å²) in [4.78, 5) is 24.0. The zero-order chi connectivity index (χ0) is 21.2. The molecular weight excluding hydrogens is 410 g/mol. The lowest BCUT2D eigenvalue weighted by Crippen LogP contribution is -2.42. The van der Waals surface area contributed by atoms with E-state index in [2.05, 4.69) is 9.97 Å². The van der Waals surface area contributed by atoms with Gasteiger partial charge in [0.2, 0.25) is 0 Å². The first kappa shape index (κ1) is 19.7. The van der Waals surface area contributed by atoms with Crippen LogP contribution in [0.15, 0.2) is 79.1 Å². The van der Waals surface area contributed by atoms with Crippen molar-refractivity contribution in [3.63, 3.8) is 0 Å². The summed E-state index contributed by atoms with van der Waals surface area (Å²) in [6.07, 6.45) is 3.22. The topological polar surface area (TPSA) is 55.3 Å². The summed E-state index contributed by atoms with van der Waals surface area (Å²) in [5.41, 5.74) is 3.27. The molecule has 0 unspecified atom stereocenters. The van der Waals surface area contributed by atoms with Crippen molar-refractivity contribution in [3.8, 4) is 11.1 Å². The van der Waals surface area contributed by atoms with Gasteiger partial charge in [0.25, 0.3) is 5.91 Å². The number of benzene rings is 2. The lowest BCUT2D eigenvalue weighted by molar-refractivity contribution is -0.0248. The number of amides is 1. The Kier molecular flexibility index (Phi) is 5.37. The molecule has 0 aliphatic carbocycles. The Labute approximate surface area is 185 Å². The van der Waals surface area contributed by atoms with Crippen molar-refractivity contribution < 1.29 is 9.53 Å². The molecule has 31 heavy (non-hydrogen) atoms. The van der Waals surface area contributed by atoms with Crippen molar-refractivity contribution in [2.24, 2.45) is 0 Å². The molecule has 1 atom stereocenters. The highest BCUT2D eigenvalue weighted by Crippen LogP contribution is 2.27. The smallest absolute Gasteiger partial charge is 0.273 e. The third-order valence-corrected chi connectivity index (χ3v) is 5.74. The summed E-state index contributed by atoms with van der Waals surface area (Å²) in [7, 11) is 0. The van der Waals surface area contributed by atoms with E-state index in [0.717, 1.165) is 27.6 Å². The van der Waals surface area contributed by atoms with E-state index in [-0.39, 0.29) is 12.0 Å². The Hall–Kier alpha value is -3.28. The van der Waals surface area contributed by atoms with Crippen molar-refractivity contribution >= 4 is 28.3 Å². The van der Waals surface area contributed by atoms with E-state index in [1.54, 1.807) is 11.1 Å². The maximum Gasteiger partial charge on any atom is 0.273 e. The van der Waals surface area contributed by atoms with E-state index in [1.807, 2.05) is 72.9 Å². The summed E-state index contributed by atoms with van der Waals surface area (Å²) < 4.78 is 5.93. The summed E-state index contributed by atoms with van der Waals surface area (Å²) in [5, 5.41) is 2.55. The molecule has 5 nitrogen and oxygen atoms in total. The normalized spacial score (nSPS) is 16.4. The van der Waals surface area contributed by atoms with Gasteiger partial charge in [-0.3, -0.25) is 14.8 Å². The second-order valence-electron chi connectivity index (χ2n) is 7.47. The van der Waals surface area contributed by atoms with Crippen LogP contribution in [-0.2, 0) is 4.74 Å². The lowest BCUT2D eigenvalue weighted by atomic mass is 10.1. The number of fused-ring (bicyclic) bond motifs is 1. The van der Waals surface area contributed by atoms with Crippen LogP contribution < -0.4 is 0 Å². The van der Waals surface area contributed by atoms with Gasteiger partial charge in [-0.1, -0.05) is 54.1 Å². The lowest BCUT2D eigenvalue weighted by Gasteiger charge is -2.32. The number of hydrogen-bond acceptors (Lipinski definition) is 4. The zero-order valence-electron chi connectivity index (χ0n) is 16.7. The average molecular weight is 430 g/mol. The van der Waals surface area contributed by atoms with Crippen LogP contribution in [0.4, 0.5) is 0 Å². The van der Waals surface area contributed by atoms with Crippen molar-refractivity contribution in [2.75, 3.05) is 19.7 Å². The van der Waals surface area contributed by atoms with Crippen LogP contribution in [0.3, 0.4) is 0 Å². The summed E-state index contributed by atoms with van der Waals surface area (Å²) >= 11 is 6.10. The summed E-state index contributed by atoms with van der Waals surface area (Å²) in [5.74, 6) is -0.0827. The third kappa shape index (κ3) is 4.02. The number of carbonyl (C=O) groups excluding carboxylic acids is 1. The molecule has 1 amide bonds. The van der Waals surface area contributed by atoms with Gasteiger partial charge in [0.15, 0.2) is 0 Å². The van der Waals surface area contributed by atoms with E-state index >= 15 is 0 Å². The molecular formula is C25H20ClN3O2. The number of ether oxygens (including phenoxy) is 1. The molecule has 0 spiro atoms. The molecule has 1 fully saturated rings. The SMILES string of the molecule is O=C(c1nccc2ccccc12)N1CCO[C@@H](c2ccc(-c3cccc(Cl)c3)cn2)C1. The molecule has 5 rings (SSSR count). The second kappa shape index (κ2) is 8.46. The second-order valence-corrected chi connectivity index (χ2v) is 7.91. The molecule has 0 bridgehead atoms. The van der Waals surface area contributed by atoms with E-state index in [4.69, 9.17) is 16.3 Å². The monoisotopic (exact) mass is 429 g/mol. The predicted molar refractivity (Wildman–Crippen MR) is 121 cm³/mol. The highest BCUT2D eigenvalue weighted by Gasteiger charge is 2.28. The first-order chi connectivity index (χ1) is 15.2. The van der Waals surface area contributed by atoms with Gasteiger partial charge in [-0.25, -0.2) is 0 Å². The fraction of sp³-hybridized carbons (Fsp3) is 0.160. The number of hydrogen-bond donors (Lipinski definition) is 0. The molecule has 154 valence electrons. The molecule has 0 N–H and O–H groups in total. The highest BCUT2D eigenvalue weighted by atomic mass is 35.5. The van der Waals surface area contributed by atoms with Crippen molar-refractivity contribution in [1.29, 1.82) is 0 Å². The van der Waals surface area contributed by atoms with Crippen LogP contribution in [-0.4, -0.2) is 40.5 Å². The van der Waals surface area contributed by atoms with Gasteiger partial charge in [0, 0.05) is 34.9 Å². The number of morpholine rings is 1. The molecule has 1 aliphatic rings. The van der Waals surface area contributed by atoms with Crippen LogP contribution in [0.25, 0.3) is 21.9 Å². The number of pyridine rings is 2. The Morgan fingerprint density at radius 2 is 1.90 bits per heavy atom. The molecule has 1 aliphatic heterocycles. The minimum absolute atomic E-state index is 0.0827. The number of nitrogens with zero attached hydrogens (tertiary/aromatic N) is 3. The maximum absolute atomic E-state index is 13.2. The fourth-order valence-corrected chi connectivity index (χ4v) is 4.08. The largest absolute Gasteiger partial charge is 0.368 e. The van der Waals surface area contributed by atoms with Crippen LogP contribution in [0.1, 0.15) is 22.3 Å². The van der Waals surface area contributed by atoms with Gasteiger partial charge in [0.1, 0.15) is 11.8 Å². The molecule has 4 aromatic rings. The number of halogens is 1. The number of rotatable bonds is 3. The molecule has 0 saturated carbocycles. The van der Waals surface area contributed by atoms with Crippen molar-refractivity contribution in [1.82, 2.24) is 14.9 Å². The zero-order valence-corrected chi connectivity index (χ0v) is 17.5. The minimum Gasteiger partial charge on any atom is -0.368 e. The van der Waals surface area contributed by atoms with Crippen LogP contribution in [0.2, 0.25) is 5.02 Å². The van der Waals surface area contributed by atoms with E-state index in [0.29, 0.717) is 30.4 Å². The van der Waals surface area contributed by atoms with Crippen LogP contribution in [0, 0.1) is 0 Å². The standard InChI is InChI=1S/C25H20ClN3O2/c26-20-6-3-5-18(14-20)19-8-9-22(28-15-19)23-16-29(12-13-31-23)25(30)24-21-7-2-1-4-17(21)10-11-27-24/h1-11,14-15,23H,12-13,16H2/t23-/m1/s1. The van der Waals surface area contributed by atoms with E-state index in [9.17, 15) is 4.79 Å². The Balaban J connectivity index is 1.36. The summed E-state index contributed by atoms with van der Waals surface area (Å²) in [6, 6.07) is 21.3. The first-order valence-corrected chi connectivity index (χ1v) is 10.5. The Morgan fingerprint density at radius 1 is 1.00 bits per heavy atom. The van der Waals surface area contributed by atoms with Gasteiger partial charge in [-0.05, 0) is 35.2 Å². The Morgan fingerprint density at radius 3 is 2.74 bits per heavy atom. The van der Waals surface area contributed by atoms with Crippen molar-refractivity contribution in [3.05, 3.63) is 95.5 Å². The van der Waals surface area contributed by atoms with E-state index < -0.39 is 0 Å². The van der Waals surface area contributed by atoms with Gasteiger partial charge < -0.3 is 9.64 Å². The molecule has 2 aromatic heterocycles. The molecule has 2 aromatic carbocycles. The first-order valence-electron chi connectivity index (χ1n) is 10.2. The third-order valence-electron chi connectivity index (χ3n) is 5.50. The van der Waals surface area contributed by atoms with Crippen molar-refractivity contribution in [2.45, 2.75) is 6.10 Å². The fourth-order valence-electron chi connectivity index (χ4n) is 3.89. The molecule has 1 saturated heterocycles. The van der Waals surface area contributed by atoms with Gasteiger partial charge in [0.05, 0.1) is 18.8 Å². The quantitative estimate of drug-likeness (QED) is 0.451. The molecule has 0 radical (unpaired) electrons. The Bertz CT molecular complexity index is 1240. The van der Waals surface area contributed by atoms with Crippen LogP contribution >= 0.6 is 11.6 Å². The maximum atomic E-state index is 13.2. The summed E-state index contributed by atoms with van der Waals surface area (Å²) in [6.45, 7) is 1.42. The van der Waals surface area contributed by atoms with Gasteiger partial charge >= 0.3 is 0 Å². The number of aromatic nitrogens is 2. The minimum atomic E-state index is -0.277.